The van der Waals surface area contributed by atoms with Gasteiger partial charge in [-0.3, -0.25) is 0 Å². The smallest absolute Gasteiger partial charge is 0.177 e. The summed E-state index contributed by atoms with van der Waals surface area (Å²) in [5.41, 5.74) is 2.66. The first kappa shape index (κ1) is 15.2. The van der Waals surface area contributed by atoms with Crippen LogP contribution in [0.15, 0.2) is 65.8 Å². The topological polar surface area (TPSA) is 63.3 Å². The Labute approximate surface area is 137 Å². The highest BCUT2D eigenvalue weighted by molar-refractivity contribution is 7.13. The van der Waals surface area contributed by atoms with Crippen LogP contribution in [0.3, 0.4) is 0 Å². The molecule has 23 heavy (non-hydrogen) atoms. The third-order valence-electron chi connectivity index (χ3n) is 3.29. The highest BCUT2D eigenvalue weighted by Gasteiger charge is 2.09. The third-order valence-corrected chi connectivity index (χ3v) is 4.18. The molecule has 0 atom stereocenters. The first-order valence-electron chi connectivity index (χ1n) is 7.11. The molecule has 0 bridgehead atoms. The summed E-state index contributed by atoms with van der Waals surface area (Å²) >= 11 is 1.65. The minimum absolute atomic E-state index is 0.133. The Bertz CT molecular complexity index is 891. The zero-order valence-electron chi connectivity index (χ0n) is 12.7. The van der Waals surface area contributed by atoms with Gasteiger partial charge in [0.15, 0.2) is 11.5 Å². The highest BCUT2D eigenvalue weighted by atomic mass is 32.1. The van der Waals surface area contributed by atoms with Crippen LogP contribution in [0, 0.1) is 0 Å². The fraction of sp³-hybridized carbons (Fsp3) is 0.118. The van der Waals surface area contributed by atoms with Gasteiger partial charge in [-0.1, -0.05) is 24.3 Å². The average molecular weight is 324 g/mol. The Morgan fingerprint density at radius 1 is 1.30 bits per heavy atom. The number of aliphatic hydroxyl groups excluding tert-OH is 1. The van der Waals surface area contributed by atoms with E-state index in [4.69, 9.17) is 0 Å². The van der Waals surface area contributed by atoms with Gasteiger partial charge in [0.1, 0.15) is 11.5 Å². The lowest BCUT2D eigenvalue weighted by molar-refractivity contribution is 0.433. The molecule has 0 aromatic carbocycles. The van der Waals surface area contributed by atoms with E-state index in [0.29, 0.717) is 6.42 Å². The van der Waals surface area contributed by atoms with Gasteiger partial charge in [0.2, 0.25) is 0 Å². The van der Waals surface area contributed by atoms with Crippen LogP contribution in [-0.4, -0.2) is 24.9 Å². The fourth-order valence-corrected chi connectivity index (χ4v) is 2.79. The van der Waals surface area contributed by atoms with Crippen LogP contribution >= 0.6 is 11.3 Å². The molecule has 1 N–H and O–H groups in total. The molecule has 0 saturated carbocycles. The van der Waals surface area contributed by atoms with Gasteiger partial charge in [-0.25, -0.2) is 0 Å². The van der Waals surface area contributed by atoms with Crippen molar-refractivity contribution in [1.82, 2.24) is 19.8 Å². The molecule has 0 fully saturated rings. The Morgan fingerprint density at radius 3 is 2.91 bits per heavy atom. The van der Waals surface area contributed by atoms with Gasteiger partial charge in [0.25, 0.3) is 0 Å². The van der Waals surface area contributed by atoms with E-state index >= 15 is 0 Å². The maximum atomic E-state index is 9.40. The van der Waals surface area contributed by atoms with Gasteiger partial charge in [-0.15, -0.1) is 21.5 Å². The molecule has 0 amide bonds. The molecule has 0 unspecified atom stereocenters. The van der Waals surface area contributed by atoms with Crippen molar-refractivity contribution >= 4 is 17.0 Å². The Morgan fingerprint density at radius 2 is 2.17 bits per heavy atom. The minimum atomic E-state index is 0.133. The number of allylic oxidation sites excluding steroid dienone is 4. The fourth-order valence-electron chi connectivity index (χ4n) is 2.10. The Balaban J connectivity index is 1.92. The number of hydrogen-bond donors (Lipinski definition) is 1. The van der Waals surface area contributed by atoms with Gasteiger partial charge >= 0.3 is 0 Å². The highest BCUT2D eigenvalue weighted by Crippen LogP contribution is 2.22. The molecule has 0 aliphatic heterocycles. The van der Waals surface area contributed by atoms with Crippen molar-refractivity contribution in [2.45, 2.75) is 13.3 Å². The van der Waals surface area contributed by atoms with Crippen molar-refractivity contribution in [3.05, 3.63) is 71.6 Å². The largest absolute Gasteiger partial charge is 0.508 e. The van der Waals surface area contributed by atoms with E-state index in [2.05, 4.69) is 21.9 Å². The molecule has 3 aromatic rings. The summed E-state index contributed by atoms with van der Waals surface area (Å²) < 4.78 is 1.77. The number of rotatable bonds is 5. The number of aromatic nitrogens is 4. The molecule has 3 heterocycles. The summed E-state index contributed by atoms with van der Waals surface area (Å²) in [6.07, 6.45) is 5.44. The van der Waals surface area contributed by atoms with Crippen LogP contribution in [0.1, 0.15) is 12.7 Å². The molecular formula is C17H16N4OS. The van der Waals surface area contributed by atoms with Crippen LogP contribution in [0.5, 0.6) is 0 Å². The van der Waals surface area contributed by atoms with Crippen molar-refractivity contribution in [2.24, 2.45) is 0 Å². The average Bonchev–Trinajstić information content (AvgIpc) is 3.22. The summed E-state index contributed by atoms with van der Waals surface area (Å²) in [5, 5.41) is 24.4. The predicted molar refractivity (Wildman–Crippen MR) is 92.5 cm³/mol. The Hall–Kier alpha value is -2.73. The van der Waals surface area contributed by atoms with Crippen molar-refractivity contribution in [3.8, 4) is 10.6 Å². The van der Waals surface area contributed by atoms with Crippen LogP contribution in [0.2, 0.25) is 0 Å². The molecule has 0 aliphatic carbocycles. The van der Waals surface area contributed by atoms with Gasteiger partial charge in [0.05, 0.1) is 4.88 Å². The van der Waals surface area contributed by atoms with E-state index in [9.17, 15) is 5.11 Å². The maximum absolute atomic E-state index is 9.40. The van der Waals surface area contributed by atoms with E-state index in [-0.39, 0.29) is 5.76 Å². The molecule has 5 nitrogen and oxygen atoms in total. The number of fused-ring (bicyclic) bond motifs is 1. The SMILES string of the molecule is C=C/C(O)=C\C=C(/C)Cc1nnc2ccc(-c3cccs3)nn12. The van der Waals surface area contributed by atoms with E-state index in [0.717, 1.165) is 27.6 Å². The maximum Gasteiger partial charge on any atom is 0.177 e. The molecule has 0 spiro atoms. The molecule has 6 heteroatoms. The van der Waals surface area contributed by atoms with Crippen molar-refractivity contribution in [2.75, 3.05) is 0 Å². The van der Waals surface area contributed by atoms with Crippen LogP contribution < -0.4 is 0 Å². The van der Waals surface area contributed by atoms with Gasteiger partial charge < -0.3 is 5.11 Å². The monoisotopic (exact) mass is 324 g/mol. The second-order valence-electron chi connectivity index (χ2n) is 5.07. The summed E-state index contributed by atoms with van der Waals surface area (Å²) in [7, 11) is 0. The molecule has 0 radical (unpaired) electrons. The van der Waals surface area contributed by atoms with Crippen molar-refractivity contribution < 1.29 is 5.11 Å². The zero-order chi connectivity index (χ0) is 16.2. The van der Waals surface area contributed by atoms with Crippen LogP contribution in [0.4, 0.5) is 0 Å². The predicted octanol–water partition coefficient (Wildman–Crippen LogP) is 3.97. The van der Waals surface area contributed by atoms with E-state index in [1.165, 1.54) is 6.08 Å². The van der Waals surface area contributed by atoms with Crippen LogP contribution in [-0.2, 0) is 6.42 Å². The summed E-state index contributed by atoms with van der Waals surface area (Å²) in [5.74, 6) is 0.896. The third kappa shape index (κ3) is 3.37. The Kier molecular flexibility index (Phi) is 4.34. The van der Waals surface area contributed by atoms with Gasteiger partial charge in [0, 0.05) is 6.42 Å². The minimum Gasteiger partial charge on any atom is -0.508 e. The first-order valence-corrected chi connectivity index (χ1v) is 7.99. The number of hydrogen-bond acceptors (Lipinski definition) is 5. The quantitative estimate of drug-likeness (QED) is 0.570. The summed E-state index contributed by atoms with van der Waals surface area (Å²) in [6, 6.07) is 7.91. The molecule has 3 aromatic heterocycles. The number of nitrogens with zero attached hydrogens (tertiary/aromatic N) is 4. The lowest BCUT2D eigenvalue weighted by Gasteiger charge is -2.01. The normalized spacial score (nSPS) is 12.7. The van der Waals surface area contributed by atoms with E-state index < -0.39 is 0 Å². The first-order chi connectivity index (χ1) is 11.2. The molecule has 0 aliphatic rings. The van der Waals surface area contributed by atoms with Gasteiger partial charge in [-0.2, -0.15) is 9.61 Å². The molecule has 116 valence electrons. The number of thiophene rings is 1. The second-order valence-corrected chi connectivity index (χ2v) is 6.02. The van der Waals surface area contributed by atoms with Crippen LogP contribution in [0.25, 0.3) is 16.2 Å². The van der Waals surface area contributed by atoms with Gasteiger partial charge in [-0.05, 0) is 42.7 Å². The lowest BCUT2D eigenvalue weighted by Crippen LogP contribution is -2.00. The number of aliphatic hydroxyl groups is 1. The molecule has 0 saturated heterocycles. The van der Waals surface area contributed by atoms with Crippen molar-refractivity contribution in [1.29, 1.82) is 0 Å². The molecular weight excluding hydrogens is 308 g/mol. The van der Waals surface area contributed by atoms with E-state index in [1.807, 2.05) is 42.6 Å². The standard InChI is InChI=1S/C17H16N4OS/c1-3-13(22)7-6-12(2)11-17-19-18-16-9-8-14(20-21(16)17)15-5-4-10-23-15/h3-10,22H,1,11H2,2H3/b12-6+,13-7+. The molecule has 3 rings (SSSR count). The summed E-state index contributed by atoms with van der Waals surface area (Å²) in [6.45, 7) is 5.48. The second kappa shape index (κ2) is 6.58. The lowest BCUT2D eigenvalue weighted by atomic mass is 10.2. The summed E-state index contributed by atoms with van der Waals surface area (Å²) in [4.78, 5) is 1.11. The van der Waals surface area contributed by atoms with E-state index in [1.54, 1.807) is 21.9 Å². The zero-order valence-corrected chi connectivity index (χ0v) is 13.5. The van der Waals surface area contributed by atoms with Crippen molar-refractivity contribution in [3.63, 3.8) is 0 Å².